The molecule has 0 N–H and O–H groups in total. The summed E-state index contributed by atoms with van der Waals surface area (Å²) in [6.45, 7) is 1.98. The summed E-state index contributed by atoms with van der Waals surface area (Å²) in [5.74, 6) is 0. The normalized spacial score (nSPS) is 11.5. The van der Waals surface area contributed by atoms with Crippen molar-refractivity contribution in [1.29, 1.82) is 0 Å². The smallest absolute Gasteiger partial charge is 0.192 e. The second-order valence-corrected chi connectivity index (χ2v) is 4.75. The van der Waals surface area contributed by atoms with Gasteiger partial charge in [0.1, 0.15) is 0 Å². The number of rotatable bonds is 3. The van der Waals surface area contributed by atoms with Crippen LogP contribution in [0.5, 0.6) is 0 Å². The van der Waals surface area contributed by atoms with Crippen LogP contribution in [0.4, 0.5) is 0 Å². The zero-order chi connectivity index (χ0) is 9.90. The van der Waals surface area contributed by atoms with Crippen LogP contribution < -0.4 is 0 Å². The van der Waals surface area contributed by atoms with Crippen molar-refractivity contribution >= 4 is 9.84 Å². The molecule has 1 rings (SSSR count). The van der Waals surface area contributed by atoms with Crippen LogP contribution in [0.15, 0.2) is 23.2 Å². The van der Waals surface area contributed by atoms with Crippen LogP contribution in [0, 0.1) is 6.42 Å². The Bertz CT molecular complexity index is 384. The third kappa shape index (κ3) is 2.81. The first-order valence-corrected chi connectivity index (χ1v) is 5.93. The highest BCUT2D eigenvalue weighted by molar-refractivity contribution is 7.90. The molecule has 0 saturated carbocycles. The van der Waals surface area contributed by atoms with E-state index in [1.807, 2.05) is 13.3 Å². The molecule has 0 aliphatic carbocycles. The molecule has 1 radical (unpaired) electrons. The quantitative estimate of drug-likeness (QED) is 0.738. The Morgan fingerprint density at radius 2 is 2.15 bits per heavy atom. The first kappa shape index (κ1) is 10.2. The summed E-state index contributed by atoms with van der Waals surface area (Å²) >= 11 is 0. The lowest BCUT2D eigenvalue weighted by atomic mass is 10.2. The zero-order valence-electron chi connectivity index (χ0n) is 7.69. The van der Waals surface area contributed by atoms with Crippen molar-refractivity contribution in [3.8, 4) is 0 Å². The number of pyridine rings is 1. The molecule has 0 saturated heterocycles. The van der Waals surface area contributed by atoms with Gasteiger partial charge in [-0.15, -0.1) is 0 Å². The van der Waals surface area contributed by atoms with Crippen molar-refractivity contribution < 1.29 is 8.42 Å². The van der Waals surface area contributed by atoms with Gasteiger partial charge < -0.3 is 0 Å². The highest BCUT2D eigenvalue weighted by atomic mass is 32.2. The Morgan fingerprint density at radius 3 is 2.69 bits per heavy atom. The van der Waals surface area contributed by atoms with Crippen molar-refractivity contribution in [2.24, 2.45) is 0 Å². The molecule has 4 heteroatoms. The van der Waals surface area contributed by atoms with Gasteiger partial charge in [0, 0.05) is 18.4 Å². The number of hydrogen-bond acceptors (Lipinski definition) is 3. The number of aromatic nitrogens is 1. The van der Waals surface area contributed by atoms with Gasteiger partial charge in [0.2, 0.25) is 0 Å². The summed E-state index contributed by atoms with van der Waals surface area (Å²) in [7, 11) is -3.17. The van der Waals surface area contributed by atoms with Crippen molar-refractivity contribution in [3.63, 3.8) is 0 Å². The summed E-state index contributed by atoms with van der Waals surface area (Å²) in [4.78, 5) is 3.99. The second-order valence-electron chi connectivity index (χ2n) is 2.79. The van der Waals surface area contributed by atoms with E-state index in [1.54, 1.807) is 12.1 Å². The largest absolute Gasteiger partial charge is 0.241 e. The van der Waals surface area contributed by atoms with E-state index in [4.69, 9.17) is 0 Å². The van der Waals surface area contributed by atoms with Crippen LogP contribution in [0.25, 0.3) is 0 Å². The molecular weight excluding hydrogens is 186 g/mol. The molecule has 71 valence electrons. The summed E-state index contributed by atoms with van der Waals surface area (Å²) in [5.41, 5.74) is 0.713. The van der Waals surface area contributed by atoms with Crippen LogP contribution in [-0.2, 0) is 9.84 Å². The van der Waals surface area contributed by atoms with E-state index in [-0.39, 0.29) is 5.03 Å². The monoisotopic (exact) mass is 198 g/mol. The predicted octanol–water partition coefficient (Wildman–Crippen LogP) is 1.45. The first-order chi connectivity index (χ1) is 6.04. The van der Waals surface area contributed by atoms with E-state index in [1.165, 1.54) is 6.07 Å². The highest BCUT2D eigenvalue weighted by Gasteiger charge is 2.08. The van der Waals surface area contributed by atoms with Crippen LogP contribution in [0.1, 0.15) is 19.0 Å². The molecular formula is C9H12NO2S. The maximum absolute atomic E-state index is 11.1. The van der Waals surface area contributed by atoms with E-state index in [9.17, 15) is 8.42 Å². The molecule has 0 amide bonds. The average Bonchev–Trinajstić information content (AvgIpc) is 2.04. The van der Waals surface area contributed by atoms with Gasteiger partial charge in [-0.25, -0.2) is 13.4 Å². The van der Waals surface area contributed by atoms with Gasteiger partial charge >= 0.3 is 0 Å². The van der Waals surface area contributed by atoms with Crippen LogP contribution in [-0.4, -0.2) is 19.7 Å². The topological polar surface area (TPSA) is 47.0 Å². The maximum atomic E-state index is 11.1. The minimum Gasteiger partial charge on any atom is -0.241 e. The number of hydrogen-bond donors (Lipinski definition) is 0. The fraction of sp³-hybridized carbons (Fsp3) is 0.333. The van der Waals surface area contributed by atoms with Gasteiger partial charge in [0.25, 0.3) is 0 Å². The lowest BCUT2D eigenvalue weighted by molar-refractivity contribution is 0.598. The van der Waals surface area contributed by atoms with E-state index >= 15 is 0 Å². The minimum absolute atomic E-state index is 0.134. The Labute approximate surface area is 78.7 Å². The molecule has 3 nitrogen and oxygen atoms in total. The van der Waals surface area contributed by atoms with Crippen LogP contribution in [0.2, 0.25) is 0 Å². The summed E-state index contributed by atoms with van der Waals surface area (Å²) in [6.07, 6.45) is 3.89. The van der Waals surface area contributed by atoms with Gasteiger partial charge in [0.05, 0.1) is 0 Å². The molecule has 13 heavy (non-hydrogen) atoms. The molecule has 0 unspecified atom stereocenters. The average molecular weight is 198 g/mol. The number of nitrogens with zero attached hydrogens (tertiary/aromatic N) is 1. The summed E-state index contributed by atoms with van der Waals surface area (Å²) in [6, 6.07) is 4.99. The Balaban J connectivity index is 3.06. The fourth-order valence-corrected chi connectivity index (χ4v) is 1.56. The first-order valence-electron chi connectivity index (χ1n) is 4.04. The second kappa shape index (κ2) is 3.87. The standard InChI is InChI=1S/C9H12NO2S/c1-3-5-8-6-4-7-9(10-8)13(2,11)12/h4-7H,3H2,1-2H3. The van der Waals surface area contributed by atoms with E-state index in [0.717, 1.165) is 12.7 Å². The van der Waals surface area contributed by atoms with Crippen LogP contribution in [0.3, 0.4) is 0 Å². The molecule has 0 bridgehead atoms. The lowest BCUT2D eigenvalue weighted by Crippen LogP contribution is -2.01. The predicted molar refractivity (Wildman–Crippen MR) is 51.0 cm³/mol. The molecule has 1 heterocycles. The molecule has 0 aliphatic heterocycles. The van der Waals surface area contributed by atoms with Gasteiger partial charge in [0.15, 0.2) is 14.9 Å². The maximum Gasteiger partial charge on any atom is 0.192 e. The lowest BCUT2D eigenvalue weighted by Gasteiger charge is -2.00. The van der Waals surface area contributed by atoms with E-state index < -0.39 is 9.84 Å². The third-order valence-corrected chi connectivity index (χ3v) is 2.53. The fourth-order valence-electron chi connectivity index (χ4n) is 0.960. The molecule has 1 aromatic heterocycles. The van der Waals surface area contributed by atoms with Crippen LogP contribution >= 0.6 is 0 Å². The molecule has 0 atom stereocenters. The van der Waals surface area contributed by atoms with Crippen molar-refractivity contribution in [2.75, 3.05) is 6.26 Å². The Kier molecular flexibility index (Phi) is 3.03. The van der Waals surface area contributed by atoms with E-state index in [2.05, 4.69) is 4.98 Å². The van der Waals surface area contributed by atoms with Gasteiger partial charge in [-0.2, -0.15) is 0 Å². The van der Waals surface area contributed by atoms with Crippen molar-refractivity contribution in [2.45, 2.75) is 18.4 Å². The number of sulfone groups is 1. The molecule has 1 aromatic rings. The van der Waals surface area contributed by atoms with E-state index in [0.29, 0.717) is 5.69 Å². The SMILES string of the molecule is CC[CH]c1cccc(S(C)(=O)=O)n1. The molecule has 0 aliphatic rings. The summed E-state index contributed by atoms with van der Waals surface area (Å²) < 4.78 is 22.2. The molecule has 0 fully saturated rings. The van der Waals surface area contributed by atoms with Crippen molar-refractivity contribution in [3.05, 3.63) is 30.3 Å². The van der Waals surface area contributed by atoms with Crippen molar-refractivity contribution in [1.82, 2.24) is 4.98 Å². The molecule has 0 aromatic carbocycles. The van der Waals surface area contributed by atoms with Gasteiger partial charge in [-0.05, 0) is 18.6 Å². The van der Waals surface area contributed by atoms with Gasteiger partial charge in [-0.1, -0.05) is 13.0 Å². The Morgan fingerprint density at radius 1 is 1.46 bits per heavy atom. The van der Waals surface area contributed by atoms with Gasteiger partial charge in [-0.3, -0.25) is 0 Å². The third-order valence-electron chi connectivity index (χ3n) is 1.54. The highest BCUT2D eigenvalue weighted by Crippen LogP contribution is 2.08. The zero-order valence-corrected chi connectivity index (χ0v) is 8.50. The summed E-state index contributed by atoms with van der Waals surface area (Å²) in [5, 5.41) is 0.134. The minimum atomic E-state index is -3.17. The molecule has 0 spiro atoms. The Hall–Kier alpha value is -0.900.